The van der Waals surface area contributed by atoms with Crippen LogP contribution in [0.15, 0.2) is 36.4 Å². The number of amides is 1. The maximum atomic E-state index is 12.9. The van der Waals surface area contributed by atoms with Crippen molar-refractivity contribution in [2.75, 3.05) is 11.9 Å². The van der Waals surface area contributed by atoms with E-state index < -0.39 is 11.7 Å². The number of nitrogens with one attached hydrogen (secondary N) is 1. The normalized spacial score (nSPS) is 10.3. The molecular formula is C15H12Cl2FNO2. The summed E-state index contributed by atoms with van der Waals surface area (Å²) in [6, 6.07) is 8.84. The lowest BCUT2D eigenvalue weighted by atomic mass is 10.2. The van der Waals surface area contributed by atoms with Gasteiger partial charge in [0.25, 0.3) is 5.91 Å². The second kappa shape index (κ2) is 6.78. The Kier molecular flexibility index (Phi) is 5.04. The third-order valence-corrected chi connectivity index (χ3v) is 3.44. The van der Waals surface area contributed by atoms with Gasteiger partial charge in [-0.1, -0.05) is 23.2 Å². The SMILES string of the molecule is Cc1cc(OCC(=O)Nc2ccc(F)cc2Cl)ccc1Cl. The number of anilines is 1. The van der Waals surface area contributed by atoms with E-state index in [1.807, 2.05) is 6.92 Å². The number of aryl methyl sites for hydroxylation is 1. The number of carbonyl (C=O) groups excluding carboxylic acids is 1. The number of hydrogen-bond acceptors (Lipinski definition) is 2. The summed E-state index contributed by atoms with van der Waals surface area (Å²) in [6.45, 7) is 1.66. The second-order valence-electron chi connectivity index (χ2n) is 4.37. The fourth-order valence-corrected chi connectivity index (χ4v) is 1.97. The van der Waals surface area contributed by atoms with Gasteiger partial charge < -0.3 is 10.1 Å². The Hall–Kier alpha value is -1.78. The van der Waals surface area contributed by atoms with Crippen LogP contribution in [0.1, 0.15) is 5.56 Å². The zero-order valence-corrected chi connectivity index (χ0v) is 12.6. The number of carbonyl (C=O) groups is 1. The minimum Gasteiger partial charge on any atom is -0.484 e. The summed E-state index contributed by atoms with van der Waals surface area (Å²) >= 11 is 11.7. The van der Waals surface area contributed by atoms with Crippen LogP contribution in [0.25, 0.3) is 0 Å². The van der Waals surface area contributed by atoms with Gasteiger partial charge in [0, 0.05) is 5.02 Å². The van der Waals surface area contributed by atoms with E-state index in [0.717, 1.165) is 11.6 Å². The van der Waals surface area contributed by atoms with Gasteiger partial charge in [-0.05, 0) is 48.9 Å². The van der Waals surface area contributed by atoms with Crippen LogP contribution >= 0.6 is 23.2 Å². The molecule has 0 heterocycles. The Morgan fingerprint density at radius 2 is 1.95 bits per heavy atom. The quantitative estimate of drug-likeness (QED) is 0.900. The molecule has 0 aliphatic carbocycles. The molecule has 0 aliphatic rings. The average molecular weight is 328 g/mol. The first-order valence-electron chi connectivity index (χ1n) is 6.09. The average Bonchev–Trinajstić information content (AvgIpc) is 2.43. The number of benzene rings is 2. The van der Waals surface area contributed by atoms with E-state index >= 15 is 0 Å². The van der Waals surface area contributed by atoms with Crippen molar-refractivity contribution in [3.63, 3.8) is 0 Å². The van der Waals surface area contributed by atoms with Crippen molar-refractivity contribution in [3.05, 3.63) is 57.8 Å². The number of halogens is 3. The molecule has 21 heavy (non-hydrogen) atoms. The summed E-state index contributed by atoms with van der Waals surface area (Å²) in [4.78, 5) is 11.8. The Morgan fingerprint density at radius 1 is 1.19 bits per heavy atom. The molecule has 0 atom stereocenters. The summed E-state index contributed by atoms with van der Waals surface area (Å²) in [6.07, 6.45) is 0. The Balaban J connectivity index is 1.94. The van der Waals surface area contributed by atoms with Crippen molar-refractivity contribution in [3.8, 4) is 5.75 Å². The highest BCUT2D eigenvalue weighted by atomic mass is 35.5. The van der Waals surface area contributed by atoms with E-state index in [1.54, 1.807) is 18.2 Å². The molecule has 0 spiro atoms. The zero-order valence-electron chi connectivity index (χ0n) is 11.1. The molecular weight excluding hydrogens is 316 g/mol. The summed E-state index contributed by atoms with van der Waals surface area (Å²) in [5.41, 5.74) is 1.19. The van der Waals surface area contributed by atoms with Crippen molar-refractivity contribution in [2.24, 2.45) is 0 Å². The second-order valence-corrected chi connectivity index (χ2v) is 5.19. The number of ether oxygens (including phenoxy) is 1. The van der Waals surface area contributed by atoms with Crippen LogP contribution in [-0.2, 0) is 4.79 Å². The molecule has 0 bridgehead atoms. The predicted molar refractivity (Wildman–Crippen MR) is 81.7 cm³/mol. The van der Waals surface area contributed by atoms with Gasteiger partial charge >= 0.3 is 0 Å². The largest absolute Gasteiger partial charge is 0.484 e. The third-order valence-electron chi connectivity index (χ3n) is 2.70. The van der Waals surface area contributed by atoms with Crippen molar-refractivity contribution in [1.29, 1.82) is 0 Å². The van der Waals surface area contributed by atoms with Gasteiger partial charge in [0.2, 0.25) is 0 Å². The van der Waals surface area contributed by atoms with Crippen molar-refractivity contribution < 1.29 is 13.9 Å². The van der Waals surface area contributed by atoms with Crippen LogP contribution in [0.4, 0.5) is 10.1 Å². The fourth-order valence-electron chi connectivity index (χ4n) is 1.63. The molecule has 0 radical (unpaired) electrons. The molecule has 2 aromatic carbocycles. The molecule has 0 aliphatic heterocycles. The van der Waals surface area contributed by atoms with Crippen LogP contribution in [0, 0.1) is 12.7 Å². The molecule has 110 valence electrons. The minimum absolute atomic E-state index is 0.130. The zero-order chi connectivity index (χ0) is 15.4. The highest BCUT2D eigenvalue weighted by molar-refractivity contribution is 6.33. The predicted octanol–water partition coefficient (Wildman–Crippen LogP) is 4.46. The lowest BCUT2D eigenvalue weighted by Crippen LogP contribution is -2.20. The molecule has 6 heteroatoms. The molecule has 0 aromatic heterocycles. The first-order chi connectivity index (χ1) is 9.95. The van der Waals surface area contributed by atoms with E-state index in [4.69, 9.17) is 27.9 Å². The molecule has 1 N–H and O–H groups in total. The maximum absolute atomic E-state index is 12.9. The highest BCUT2D eigenvalue weighted by Gasteiger charge is 2.08. The van der Waals surface area contributed by atoms with Crippen molar-refractivity contribution >= 4 is 34.8 Å². The van der Waals surface area contributed by atoms with E-state index in [0.29, 0.717) is 16.5 Å². The monoisotopic (exact) mass is 327 g/mol. The van der Waals surface area contributed by atoms with Crippen LogP contribution in [0.5, 0.6) is 5.75 Å². The molecule has 0 fully saturated rings. The van der Waals surface area contributed by atoms with Gasteiger partial charge in [-0.15, -0.1) is 0 Å². The number of hydrogen-bond donors (Lipinski definition) is 1. The molecule has 2 aromatic rings. The maximum Gasteiger partial charge on any atom is 0.262 e. The van der Waals surface area contributed by atoms with Crippen LogP contribution in [0.2, 0.25) is 10.0 Å². The van der Waals surface area contributed by atoms with Crippen LogP contribution in [0.3, 0.4) is 0 Å². The van der Waals surface area contributed by atoms with E-state index in [2.05, 4.69) is 5.32 Å². The van der Waals surface area contributed by atoms with E-state index in [-0.39, 0.29) is 11.6 Å². The molecule has 3 nitrogen and oxygen atoms in total. The molecule has 0 saturated heterocycles. The fraction of sp³-hybridized carbons (Fsp3) is 0.133. The van der Waals surface area contributed by atoms with Gasteiger partial charge in [0.1, 0.15) is 11.6 Å². The van der Waals surface area contributed by atoms with Gasteiger partial charge in [-0.3, -0.25) is 4.79 Å². The van der Waals surface area contributed by atoms with E-state index in [9.17, 15) is 9.18 Å². The molecule has 0 unspecified atom stereocenters. The van der Waals surface area contributed by atoms with Gasteiger partial charge in [0.05, 0.1) is 10.7 Å². The smallest absolute Gasteiger partial charge is 0.262 e. The Morgan fingerprint density at radius 3 is 2.62 bits per heavy atom. The van der Waals surface area contributed by atoms with Crippen LogP contribution in [-0.4, -0.2) is 12.5 Å². The van der Waals surface area contributed by atoms with Gasteiger partial charge in [0.15, 0.2) is 6.61 Å². The molecule has 1 amide bonds. The molecule has 0 saturated carbocycles. The van der Waals surface area contributed by atoms with Crippen molar-refractivity contribution in [1.82, 2.24) is 0 Å². The van der Waals surface area contributed by atoms with Gasteiger partial charge in [-0.25, -0.2) is 4.39 Å². The minimum atomic E-state index is -0.467. The lowest BCUT2D eigenvalue weighted by Gasteiger charge is -2.09. The first-order valence-corrected chi connectivity index (χ1v) is 6.85. The third kappa shape index (κ3) is 4.34. The van der Waals surface area contributed by atoms with E-state index in [1.165, 1.54) is 12.1 Å². The Bertz CT molecular complexity index is 677. The van der Waals surface area contributed by atoms with Crippen LogP contribution < -0.4 is 10.1 Å². The highest BCUT2D eigenvalue weighted by Crippen LogP contribution is 2.23. The topological polar surface area (TPSA) is 38.3 Å². The Labute approximate surface area is 131 Å². The van der Waals surface area contributed by atoms with Crippen molar-refractivity contribution in [2.45, 2.75) is 6.92 Å². The van der Waals surface area contributed by atoms with Gasteiger partial charge in [-0.2, -0.15) is 0 Å². The lowest BCUT2D eigenvalue weighted by molar-refractivity contribution is -0.118. The first kappa shape index (κ1) is 15.6. The summed E-state index contributed by atoms with van der Waals surface area (Å²) in [7, 11) is 0. The number of rotatable bonds is 4. The summed E-state index contributed by atoms with van der Waals surface area (Å²) < 4.78 is 18.2. The standard InChI is InChI=1S/C15H12Cl2FNO2/c1-9-6-11(3-4-12(9)16)21-8-15(20)19-14-5-2-10(18)7-13(14)17/h2-7H,8H2,1H3,(H,19,20). The summed E-state index contributed by atoms with van der Waals surface area (Å²) in [5, 5.41) is 3.30. The summed E-state index contributed by atoms with van der Waals surface area (Å²) in [5.74, 6) is -0.320. The molecule has 2 rings (SSSR count).